The molecule has 0 saturated heterocycles. The van der Waals surface area contributed by atoms with Crippen molar-refractivity contribution in [3.05, 3.63) is 35.9 Å². The minimum absolute atomic E-state index is 0. The molecule has 0 unspecified atom stereocenters. The third-order valence-corrected chi connectivity index (χ3v) is 4.52. The molecule has 0 atom stereocenters. The van der Waals surface area contributed by atoms with Crippen LogP contribution in [0.25, 0.3) is 0 Å². The van der Waals surface area contributed by atoms with E-state index in [2.05, 4.69) is 44.2 Å². The molecule has 2 heteroatoms. The summed E-state index contributed by atoms with van der Waals surface area (Å²) in [6.45, 7) is 4.61. The maximum Gasteiger partial charge on any atom is -0.107 e. The molecular formula is C10H14ISn. The van der Waals surface area contributed by atoms with Crippen molar-refractivity contribution in [2.45, 2.75) is 23.7 Å². The molecule has 0 fully saturated rings. The van der Waals surface area contributed by atoms with E-state index < -0.39 is 0 Å². The summed E-state index contributed by atoms with van der Waals surface area (Å²) in [5, 5.41) is 0. The topological polar surface area (TPSA) is 0 Å². The van der Waals surface area contributed by atoms with Gasteiger partial charge in [-0.3, -0.25) is 0 Å². The summed E-state index contributed by atoms with van der Waals surface area (Å²) in [5.74, 6) is 0. The molecule has 0 heterocycles. The van der Waals surface area contributed by atoms with Gasteiger partial charge in [0.05, 0.1) is 0 Å². The molecule has 1 rings (SSSR count). The maximum absolute atomic E-state index is 2.30. The summed E-state index contributed by atoms with van der Waals surface area (Å²) >= 11 is 1.62. The Labute approximate surface area is 105 Å². The molecular weight excluding hydrogens is 366 g/mol. The van der Waals surface area contributed by atoms with E-state index >= 15 is 0 Å². The summed E-state index contributed by atoms with van der Waals surface area (Å²) in [7, 11) is 0. The second-order valence-electron chi connectivity index (χ2n) is 3.43. The average molecular weight is 380 g/mol. The van der Waals surface area contributed by atoms with Gasteiger partial charge in [-0.2, -0.15) is 0 Å². The van der Waals surface area contributed by atoms with Gasteiger partial charge >= 0.3 is 82.1 Å². The maximum atomic E-state index is 2.30. The first kappa shape index (κ1) is 12.7. The van der Waals surface area contributed by atoms with Gasteiger partial charge in [0, 0.05) is 0 Å². The van der Waals surface area contributed by atoms with E-state index in [4.69, 9.17) is 0 Å². The average Bonchev–Trinajstić information content (AvgIpc) is 2.06. The van der Waals surface area contributed by atoms with Crippen LogP contribution in [-0.4, -0.2) is 22.5 Å². The first-order chi connectivity index (χ1) is 5.17. The Kier molecular flexibility index (Phi) is 5.81. The molecule has 1 aromatic carbocycles. The summed E-state index contributed by atoms with van der Waals surface area (Å²) in [4.78, 5) is 0. The van der Waals surface area contributed by atoms with Crippen LogP contribution in [0.3, 0.4) is 0 Å². The normalized spacial score (nSPS) is 10.6. The number of halogens is 1. The molecule has 0 aliphatic heterocycles. The summed E-state index contributed by atoms with van der Waals surface area (Å²) in [6.07, 6.45) is 0. The van der Waals surface area contributed by atoms with Crippen molar-refractivity contribution in [3.63, 3.8) is 0 Å². The largest absolute Gasteiger partial charge is 0.107 e. The van der Waals surface area contributed by atoms with Crippen LogP contribution in [0.4, 0.5) is 0 Å². The van der Waals surface area contributed by atoms with Crippen molar-refractivity contribution in [1.29, 1.82) is 0 Å². The van der Waals surface area contributed by atoms with Crippen molar-refractivity contribution in [3.8, 4) is 0 Å². The summed E-state index contributed by atoms with van der Waals surface area (Å²) in [5.41, 5.74) is 1.83. The Morgan fingerprint density at radius 1 is 1.17 bits per heavy atom. The van der Waals surface area contributed by atoms with Crippen molar-refractivity contribution < 1.29 is 0 Å². The number of benzene rings is 1. The molecule has 0 saturated carbocycles. The zero-order valence-electron chi connectivity index (χ0n) is 7.50. The van der Waals surface area contributed by atoms with Gasteiger partial charge in [0.1, 0.15) is 0 Å². The Hall–Kier alpha value is 0.749. The Balaban J connectivity index is 0.00000121. The van der Waals surface area contributed by atoms with Gasteiger partial charge < -0.3 is 0 Å². The molecule has 65 valence electrons. The van der Waals surface area contributed by atoms with E-state index in [1.807, 2.05) is 0 Å². The van der Waals surface area contributed by atoms with Gasteiger partial charge in [0.2, 0.25) is 0 Å². The van der Waals surface area contributed by atoms with Gasteiger partial charge in [0.25, 0.3) is 0 Å². The van der Waals surface area contributed by atoms with Crippen LogP contribution in [0, 0.1) is 0 Å². The number of hydrogen-bond acceptors (Lipinski definition) is 0. The first-order valence-corrected chi connectivity index (χ1v) is 5.89. The monoisotopic (exact) mass is 381 g/mol. The zero-order chi connectivity index (χ0) is 8.32. The van der Waals surface area contributed by atoms with Crippen LogP contribution < -0.4 is 0 Å². The molecule has 0 spiro atoms. The Morgan fingerprint density at radius 3 is 2.08 bits per heavy atom. The molecule has 0 aliphatic carbocycles. The van der Waals surface area contributed by atoms with E-state index in [0.29, 0.717) is 5.41 Å². The van der Waals surface area contributed by atoms with Gasteiger partial charge in [0.15, 0.2) is 0 Å². The molecule has 0 aliphatic rings. The second-order valence-corrected chi connectivity index (χ2v) is 4.44. The molecule has 0 N–H and O–H groups in total. The van der Waals surface area contributed by atoms with Crippen molar-refractivity contribution in [1.82, 2.24) is 0 Å². The van der Waals surface area contributed by atoms with Crippen LogP contribution in [0.2, 0.25) is 4.44 Å². The van der Waals surface area contributed by atoms with Crippen LogP contribution in [0.1, 0.15) is 19.4 Å². The van der Waals surface area contributed by atoms with Gasteiger partial charge in [-0.25, -0.2) is 0 Å². The van der Waals surface area contributed by atoms with E-state index in [1.165, 1.54) is 10.0 Å². The SMILES string of the molecule is CC(C)([CH2][Sn])c1ccccc1.I. The fourth-order valence-corrected chi connectivity index (χ4v) is 1.57. The van der Waals surface area contributed by atoms with E-state index in [1.54, 1.807) is 22.5 Å². The van der Waals surface area contributed by atoms with E-state index in [0.717, 1.165) is 0 Å². The molecule has 0 bridgehead atoms. The van der Waals surface area contributed by atoms with Crippen molar-refractivity contribution in [2.24, 2.45) is 0 Å². The van der Waals surface area contributed by atoms with E-state index in [-0.39, 0.29) is 24.0 Å². The van der Waals surface area contributed by atoms with Gasteiger partial charge in [-0.1, -0.05) is 0 Å². The van der Waals surface area contributed by atoms with Crippen LogP contribution in [0.5, 0.6) is 0 Å². The fourth-order valence-electron chi connectivity index (χ4n) is 0.991. The molecule has 0 aromatic heterocycles. The number of rotatable bonds is 2. The Bertz CT molecular complexity index is 219. The summed E-state index contributed by atoms with van der Waals surface area (Å²) < 4.78 is 1.28. The first-order valence-electron chi connectivity index (χ1n) is 3.87. The smallest absolute Gasteiger partial charge is 0.107 e. The number of hydrogen-bond donors (Lipinski definition) is 0. The standard InChI is InChI=1S/C10H13.HI.Sn/c1-10(2,3)9-7-5-4-6-8-9;;/h4-8H,1H2,2-3H3;1H;. The molecule has 0 nitrogen and oxygen atoms in total. The second kappa shape index (κ2) is 5.47. The predicted octanol–water partition coefficient (Wildman–Crippen LogP) is 3.17. The minimum atomic E-state index is 0. The predicted molar refractivity (Wildman–Crippen MR) is 65.4 cm³/mol. The van der Waals surface area contributed by atoms with Gasteiger partial charge in [-0.05, 0) is 0 Å². The molecule has 1 aromatic rings. The van der Waals surface area contributed by atoms with E-state index in [9.17, 15) is 0 Å². The zero-order valence-corrected chi connectivity index (χ0v) is 12.7. The van der Waals surface area contributed by atoms with Crippen LogP contribution >= 0.6 is 24.0 Å². The Morgan fingerprint density at radius 2 is 1.67 bits per heavy atom. The molecule has 12 heavy (non-hydrogen) atoms. The van der Waals surface area contributed by atoms with Crippen LogP contribution in [-0.2, 0) is 5.41 Å². The molecule has 3 radical (unpaired) electrons. The summed E-state index contributed by atoms with van der Waals surface area (Å²) in [6, 6.07) is 10.7. The van der Waals surface area contributed by atoms with Crippen LogP contribution in [0.15, 0.2) is 30.3 Å². The third-order valence-electron chi connectivity index (χ3n) is 2.00. The molecule has 0 amide bonds. The fraction of sp³-hybridized carbons (Fsp3) is 0.400. The van der Waals surface area contributed by atoms with Crippen molar-refractivity contribution >= 4 is 46.5 Å². The quantitative estimate of drug-likeness (QED) is 0.547. The third kappa shape index (κ3) is 3.24. The van der Waals surface area contributed by atoms with Gasteiger partial charge in [-0.15, -0.1) is 24.0 Å². The van der Waals surface area contributed by atoms with Crippen molar-refractivity contribution in [2.75, 3.05) is 0 Å². The minimum Gasteiger partial charge on any atom is -0.107 e.